The molecule has 0 unspecified atom stereocenters. The molecule has 5 aromatic carbocycles. The number of hydrogen-bond acceptors (Lipinski definition) is 5. The highest BCUT2D eigenvalue weighted by molar-refractivity contribution is 5.89. The molecule has 48 heavy (non-hydrogen) atoms. The Labute approximate surface area is 283 Å². The van der Waals surface area contributed by atoms with Crippen LogP contribution in [0.3, 0.4) is 0 Å². The number of carbonyl (C=O) groups is 2. The van der Waals surface area contributed by atoms with Crippen LogP contribution in [-0.2, 0) is 28.0 Å². The zero-order valence-electron chi connectivity index (χ0n) is 28.1. The minimum absolute atomic E-state index is 0.0286. The molecule has 5 rings (SSSR count). The Morgan fingerprint density at radius 3 is 1.48 bits per heavy atom. The van der Waals surface area contributed by atoms with Crippen molar-refractivity contribution in [3.63, 3.8) is 0 Å². The standard InChI is InChI=1S/C42H43NO5/c1-31(44)43(29-32-15-21-37(22-16-32)42(2,3)4)30-33-17-23-38(24-18-33)46-27-28-47-39-25-19-36(20-26-39)41(45)48-40(34-11-7-5-8-12-34)35-13-9-6-10-14-35/h5-26,40H,27-30H2,1-4H3. The predicted molar refractivity (Wildman–Crippen MR) is 189 cm³/mol. The molecule has 6 nitrogen and oxygen atoms in total. The fraction of sp³-hybridized carbons (Fsp3) is 0.238. The molecular formula is C42H43NO5. The van der Waals surface area contributed by atoms with Gasteiger partial charge in [0.05, 0.1) is 5.56 Å². The van der Waals surface area contributed by atoms with E-state index >= 15 is 0 Å². The molecule has 0 radical (unpaired) electrons. The molecule has 0 saturated carbocycles. The number of esters is 1. The Bertz CT molecular complexity index is 1710. The van der Waals surface area contributed by atoms with E-state index in [4.69, 9.17) is 14.2 Å². The summed E-state index contributed by atoms with van der Waals surface area (Å²) in [6.07, 6.45) is -0.508. The number of nitrogens with zero attached hydrogens (tertiary/aromatic N) is 1. The summed E-state index contributed by atoms with van der Waals surface area (Å²) in [6, 6.07) is 42.6. The van der Waals surface area contributed by atoms with E-state index in [1.165, 1.54) is 5.56 Å². The van der Waals surface area contributed by atoms with Gasteiger partial charge < -0.3 is 19.1 Å². The zero-order valence-corrected chi connectivity index (χ0v) is 28.1. The summed E-state index contributed by atoms with van der Waals surface area (Å²) in [5.41, 5.74) is 5.75. The summed E-state index contributed by atoms with van der Waals surface area (Å²) in [7, 11) is 0. The average molecular weight is 642 g/mol. The second-order valence-corrected chi connectivity index (χ2v) is 12.8. The molecular weight excluding hydrogens is 598 g/mol. The number of benzene rings is 5. The lowest BCUT2D eigenvalue weighted by Gasteiger charge is -2.23. The second-order valence-electron chi connectivity index (χ2n) is 12.8. The molecule has 0 atom stereocenters. The lowest BCUT2D eigenvalue weighted by atomic mass is 9.87. The van der Waals surface area contributed by atoms with E-state index in [9.17, 15) is 9.59 Å². The van der Waals surface area contributed by atoms with Crippen molar-refractivity contribution in [2.24, 2.45) is 0 Å². The van der Waals surface area contributed by atoms with Gasteiger partial charge in [-0.25, -0.2) is 4.79 Å². The van der Waals surface area contributed by atoms with Crippen LogP contribution < -0.4 is 9.47 Å². The van der Waals surface area contributed by atoms with Gasteiger partial charge in [0.1, 0.15) is 24.7 Å². The highest BCUT2D eigenvalue weighted by Crippen LogP contribution is 2.28. The lowest BCUT2D eigenvalue weighted by molar-refractivity contribution is -0.130. The first-order valence-electron chi connectivity index (χ1n) is 16.3. The predicted octanol–water partition coefficient (Wildman–Crippen LogP) is 8.94. The average Bonchev–Trinajstić information content (AvgIpc) is 3.10. The minimum Gasteiger partial charge on any atom is -0.490 e. The molecule has 0 aliphatic rings. The van der Waals surface area contributed by atoms with Crippen molar-refractivity contribution in [2.75, 3.05) is 13.2 Å². The molecule has 0 spiro atoms. The summed E-state index contributed by atoms with van der Waals surface area (Å²) in [5, 5.41) is 0. The maximum atomic E-state index is 13.1. The summed E-state index contributed by atoms with van der Waals surface area (Å²) in [6.45, 7) is 9.94. The van der Waals surface area contributed by atoms with E-state index in [1.807, 2.05) is 89.8 Å². The molecule has 246 valence electrons. The Balaban J connectivity index is 1.08. The highest BCUT2D eigenvalue weighted by Gasteiger charge is 2.20. The van der Waals surface area contributed by atoms with Crippen LogP contribution in [0, 0.1) is 0 Å². The molecule has 0 N–H and O–H groups in total. The van der Waals surface area contributed by atoms with Crippen LogP contribution in [0.25, 0.3) is 0 Å². The fourth-order valence-corrected chi connectivity index (χ4v) is 5.29. The molecule has 0 aliphatic heterocycles. The Morgan fingerprint density at radius 2 is 1.04 bits per heavy atom. The van der Waals surface area contributed by atoms with Crippen LogP contribution in [0.15, 0.2) is 133 Å². The zero-order chi connectivity index (χ0) is 33.9. The van der Waals surface area contributed by atoms with Crippen LogP contribution >= 0.6 is 0 Å². The van der Waals surface area contributed by atoms with E-state index in [2.05, 4.69) is 45.0 Å². The normalized spacial score (nSPS) is 11.2. The number of hydrogen-bond donors (Lipinski definition) is 0. The fourth-order valence-electron chi connectivity index (χ4n) is 5.29. The van der Waals surface area contributed by atoms with E-state index in [1.54, 1.807) is 31.2 Å². The van der Waals surface area contributed by atoms with E-state index in [-0.39, 0.29) is 11.3 Å². The molecule has 0 aliphatic carbocycles. The molecule has 0 heterocycles. The first-order chi connectivity index (χ1) is 23.2. The number of rotatable bonds is 13. The highest BCUT2D eigenvalue weighted by atomic mass is 16.5. The van der Waals surface area contributed by atoms with Crippen LogP contribution in [0.5, 0.6) is 11.5 Å². The van der Waals surface area contributed by atoms with Crippen LogP contribution in [0.1, 0.15) is 72.0 Å². The van der Waals surface area contributed by atoms with Gasteiger partial charge in [0.15, 0.2) is 6.10 Å². The van der Waals surface area contributed by atoms with Crippen molar-refractivity contribution in [3.8, 4) is 11.5 Å². The Hall–Kier alpha value is -5.36. The SMILES string of the molecule is CC(=O)N(Cc1ccc(OCCOc2ccc(C(=O)OC(c3ccccc3)c3ccccc3)cc2)cc1)Cc1ccc(C(C)(C)C)cc1. The number of ether oxygens (including phenoxy) is 3. The smallest absolute Gasteiger partial charge is 0.339 e. The van der Waals surface area contributed by atoms with Crippen molar-refractivity contribution in [3.05, 3.63) is 167 Å². The number of amides is 1. The van der Waals surface area contributed by atoms with E-state index < -0.39 is 12.1 Å². The largest absolute Gasteiger partial charge is 0.490 e. The van der Waals surface area contributed by atoms with Gasteiger partial charge in [-0.05, 0) is 69.6 Å². The van der Waals surface area contributed by atoms with Gasteiger partial charge in [0.25, 0.3) is 0 Å². The Kier molecular flexibility index (Phi) is 11.3. The van der Waals surface area contributed by atoms with Crippen molar-refractivity contribution >= 4 is 11.9 Å². The molecule has 0 bridgehead atoms. The molecule has 5 aromatic rings. The summed E-state index contributed by atoms with van der Waals surface area (Å²) >= 11 is 0. The maximum Gasteiger partial charge on any atom is 0.339 e. The Morgan fingerprint density at radius 1 is 0.604 bits per heavy atom. The topological polar surface area (TPSA) is 65.1 Å². The molecule has 0 fully saturated rings. The third-order valence-electron chi connectivity index (χ3n) is 8.08. The summed E-state index contributed by atoms with van der Waals surface area (Å²) in [4.78, 5) is 27.3. The quantitative estimate of drug-likeness (QED) is 0.0949. The van der Waals surface area contributed by atoms with Crippen molar-refractivity contribution in [2.45, 2.75) is 52.3 Å². The first kappa shape index (κ1) is 34.0. The van der Waals surface area contributed by atoms with Crippen molar-refractivity contribution in [1.82, 2.24) is 4.90 Å². The lowest BCUT2D eigenvalue weighted by Crippen LogP contribution is -2.27. The van der Waals surface area contributed by atoms with Crippen LogP contribution in [0.4, 0.5) is 0 Å². The van der Waals surface area contributed by atoms with Gasteiger partial charge in [0.2, 0.25) is 5.91 Å². The van der Waals surface area contributed by atoms with Gasteiger partial charge in [-0.2, -0.15) is 0 Å². The first-order valence-corrected chi connectivity index (χ1v) is 16.3. The molecule has 0 aromatic heterocycles. The monoisotopic (exact) mass is 641 g/mol. The van der Waals surface area contributed by atoms with Crippen molar-refractivity contribution in [1.29, 1.82) is 0 Å². The van der Waals surface area contributed by atoms with Crippen LogP contribution in [0.2, 0.25) is 0 Å². The molecule has 6 heteroatoms. The van der Waals surface area contributed by atoms with E-state index in [0.717, 1.165) is 28.0 Å². The summed E-state index contributed by atoms with van der Waals surface area (Å²) < 4.78 is 17.7. The van der Waals surface area contributed by atoms with Crippen LogP contribution in [-0.4, -0.2) is 30.0 Å². The van der Waals surface area contributed by atoms with Gasteiger partial charge >= 0.3 is 5.97 Å². The van der Waals surface area contributed by atoms with Crippen molar-refractivity contribution < 1.29 is 23.8 Å². The third kappa shape index (κ3) is 9.58. The minimum atomic E-state index is -0.508. The maximum absolute atomic E-state index is 13.1. The van der Waals surface area contributed by atoms with Gasteiger partial charge in [-0.15, -0.1) is 0 Å². The van der Waals surface area contributed by atoms with E-state index in [0.29, 0.717) is 37.6 Å². The third-order valence-corrected chi connectivity index (χ3v) is 8.08. The molecule has 0 saturated heterocycles. The summed E-state index contributed by atoms with van der Waals surface area (Å²) in [5.74, 6) is 0.970. The molecule has 1 amide bonds. The van der Waals surface area contributed by atoms with Gasteiger partial charge in [-0.1, -0.05) is 118 Å². The van der Waals surface area contributed by atoms with Gasteiger partial charge in [0, 0.05) is 20.0 Å². The number of carbonyl (C=O) groups excluding carboxylic acids is 2. The van der Waals surface area contributed by atoms with Gasteiger partial charge in [-0.3, -0.25) is 4.79 Å². The second kappa shape index (κ2) is 16.0.